The molecule has 3 heterocycles. The molecule has 26 heavy (non-hydrogen) atoms. The number of benzene rings is 1. The van der Waals surface area contributed by atoms with Crippen LogP contribution in [0, 0.1) is 0 Å². The topological polar surface area (TPSA) is 52.0 Å². The molecule has 0 bridgehead atoms. The van der Waals surface area contributed by atoms with Gasteiger partial charge in [0.1, 0.15) is 22.2 Å². The normalized spacial score (nSPS) is 12.8. The molecule has 5 nitrogen and oxygen atoms in total. The van der Waals surface area contributed by atoms with Gasteiger partial charge in [-0.1, -0.05) is 21.1 Å². The lowest BCUT2D eigenvalue weighted by atomic mass is 10.2. The standard InChI is InChI=1S/C20H18BrN3O2/c1-20(2,3)26-23-16-10-19(25-18-7-6-13(21)9-15(16)18)17-12-24-8-4-5-14(24)11-22-17/h4-12H,1-3H3. The van der Waals surface area contributed by atoms with Gasteiger partial charge >= 0.3 is 0 Å². The second kappa shape index (κ2) is 6.29. The SMILES string of the molecule is CC(C)(C)ON=c1cc(-c2cn3cccc3cn2)oc2ccc(Br)cc12. The van der Waals surface area contributed by atoms with Crippen molar-refractivity contribution in [1.82, 2.24) is 9.38 Å². The molecule has 0 atom stereocenters. The van der Waals surface area contributed by atoms with Gasteiger partial charge in [-0.05, 0) is 51.1 Å². The number of halogens is 1. The molecule has 6 heteroatoms. The third-order valence-corrected chi connectivity index (χ3v) is 4.28. The molecule has 0 saturated heterocycles. The van der Waals surface area contributed by atoms with Gasteiger partial charge < -0.3 is 13.7 Å². The molecule has 0 amide bonds. The van der Waals surface area contributed by atoms with Gasteiger partial charge in [0, 0.05) is 28.3 Å². The van der Waals surface area contributed by atoms with Crippen LogP contribution in [0.15, 0.2) is 69.0 Å². The largest absolute Gasteiger partial charge is 0.454 e. The average Bonchev–Trinajstić information content (AvgIpc) is 3.06. The Kier molecular flexibility index (Phi) is 4.07. The van der Waals surface area contributed by atoms with Crippen LogP contribution in [-0.4, -0.2) is 15.0 Å². The molecule has 0 aliphatic rings. The predicted molar refractivity (Wildman–Crippen MR) is 105 cm³/mol. The van der Waals surface area contributed by atoms with Gasteiger partial charge in [0.2, 0.25) is 0 Å². The van der Waals surface area contributed by atoms with E-state index >= 15 is 0 Å². The van der Waals surface area contributed by atoms with Crippen LogP contribution in [0.5, 0.6) is 0 Å². The number of nitrogens with zero attached hydrogens (tertiary/aromatic N) is 3. The van der Waals surface area contributed by atoms with E-state index in [2.05, 4.69) is 26.1 Å². The molecule has 0 spiro atoms. The highest BCUT2D eigenvalue weighted by Crippen LogP contribution is 2.23. The van der Waals surface area contributed by atoms with Crippen molar-refractivity contribution in [3.8, 4) is 11.5 Å². The summed E-state index contributed by atoms with van der Waals surface area (Å²) in [6.45, 7) is 5.89. The zero-order valence-electron chi connectivity index (χ0n) is 14.7. The Morgan fingerprint density at radius 2 is 2.04 bits per heavy atom. The molecule has 0 unspecified atom stereocenters. The number of hydrogen-bond acceptors (Lipinski definition) is 4. The Bertz CT molecular complexity index is 1170. The number of fused-ring (bicyclic) bond motifs is 2. The number of rotatable bonds is 2. The second-order valence-corrected chi connectivity index (χ2v) is 7.96. The highest BCUT2D eigenvalue weighted by molar-refractivity contribution is 9.10. The summed E-state index contributed by atoms with van der Waals surface area (Å²) < 4.78 is 9.05. The lowest BCUT2D eigenvalue weighted by molar-refractivity contribution is -0.00585. The van der Waals surface area contributed by atoms with Crippen LogP contribution in [0.2, 0.25) is 0 Å². The molecule has 1 aromatic carbocycles. The van der Waals surface area contributed by atoms with E-state index in [-0.39, 0.29) is 5.60 Å². The Balaban J connectivity index is 1.94. The minimum absolute atomic E-state index is 0.381. The fraction of sp³-hybridized carbons (Fsp3) is 0.200. The lowest BCUT2D eigenvalue weighted by Gasteiger charge is -2.15. The average molecular weight is 412 g/mol. The van der Waals surface area contributed by atoms with Crippen LogP contribution < -0.4 is 5.36 Å². The second-order valence-electron chi connectivity index (χ2n) is 7.04. The molecule has 0 saturated carbocycles. The molecule has 4 aromatic rings. The Morgan fingerprint density at radius 3 is 2.85 bits per heavy atom. The van der Waals surface area contributed by atoms with Crippen molar-refractivity contribution in [1.29, 1.82) is 0 Å². The summed E-state index contributed by atoms with van der Waals surface area (Å²) in [5, 5.41) is 5.94. The summed E-state index contributed by atoms with van der Waals surface area (Å²) in [6, 6.07) is 11.7. The van der Waals surface area contributed by atoms with Gasteiger partial charge in [-0.3, -0.25) is 0 Å². The van der Waals surface area contributed by atoms with Crippen LogP contribution in [0.25, 0.3) is 27.9 Å². The third kappa shape index (κ3) is 3.37. The van der Waals surface area contributed by atoms with Gasteiger partial charge in [0.25, 0.3) is 0 Å². The molecule has 0 aliphatic carbocycles. The fourth-order valence-corrected chi connectivity index (χ4v) is 2.95. The first-order chi connectivity index (χ1) is 12.4. The monoisotopic (exact) mass is 411 g/mol. The van der Waals surface area contributed by atoms with Crippen LogP contribution in [0.3, 0.4) is 0 Å². The van der Waals surface area contributed by atoms with Crippen molar-refractivity contribution >= 4 is 32.4 Å². The van der Waals surface area contributed by atoms with Crippen LogP contribution in [0.1, 0.15) is 20.8 Å². The highest BCUT2D eigenvalue weighted by atomic mass is 79.9. The fourth-order valence-electron chi connectivity index (χ4n) is 2.59. The number of hydrogen-bond donors (Lipinski definition) is 0. The zero-order valence-corrected chi connectivity index (χ0v) is 16.3. The molecule has 4 rings (SSSR count). The number of aromatic nitrogens is 2. The molecular weight excluding hydrogens is 394 g/mol. The highest BCUT2D eigenvalue weighted by Gasteiger charge is 2.12. The predicted octanol–water partition coefficient (Wildman–Crippen LogP) is 5.14. The van der Waals surface area contributed by atoms with E-state index in [0.29, 0.717) is 11.1 Å². The molecule has 3 aromatic heterocycles. The van der Waals surface area contributed by atoms with E-state index in [4.69, 9.17) is 9.25 Å². The van der Waals surface area contributed by atoms with E-state index in [0.717, 1.165) is 26.7 Å². The van der Waals surface area contributed by atoms with Gasteiger partial charge in [-0.15, -0.1) is 0 Å². The van der Waals surface area contributed by atoms with Crippen LogP contribution >= 0.6 is 15.9 Å². The molecule has 0 radical (unpaired) electrons. The maximum atomic E-state index is 6.09. The Morgan fingerprint density at radius 1 is 1.19 bits per heavy atom. The third-order valence-electron chi connectivity index (χ3n) is 3.78. The zero-order chi connectivity index (χ0) is 18.3. The van der Waals surface area contributed by atoms with Gasteiger partial charge in [-0.2, -0.15) is 0 Å². The summed E-state index contributed by atoms with van der Waals surface area (Å²) >= 11 is 3.50. The van der Waals surface area contributed by atoms with Crippen LogP contribution in [-0.2, 0) is 4.84 Å². The smallest absolute Gasteiger partial charge is 0.156 e. The summed E-state index contributed by atoms with van der Waals surface area (Å²) in [6.07, 6.45) is 5.74. The molecule has 0 fully saturated rings. The van der Waals surface area contributed by atoms with Crippen molar-refractivity contribution in [2.75, 3.05) is 0 Å². The summed E-state index contributed by atoms with van der Waals surface area (Å²) in [5.74, 6) is 0.631. The molecule has 0 N–H and O–H groups in total. The van der Waals surface area contributed by atoms with E-state index in [9.17, 15) is 0 Å². The van der Waals surface area contributed by atoms with Gasteiger partial charge in [-0.25, -0.2) is 4.98 Å². The van der Waals surface area contributed by atoms with E-state index < -0.39 is 0 Å². The van der Waals surface area contributed by atoms with Crippen LogP contribution in [0.4, 0.5) is 0 Å². The first kappa shape index (κ1) is 16.8. The van der Waals surface area contributed by atoms with Gasteiger partial charge in [0.15, 0.2) is 5.76 Å². The summed E-state index contributed by atoms with van der Waals surface area (Å²) in [5.41, 5.74) is 2.09. The van der Waals surface area contributed by atoms with Crippen molar-refractivity contribution in [2.24, 2.45) is 5.16 Å². The molecular formula is C20H18BrN3O2. The Hall–Kier alpha value is -2.60. The lowest BCUT2D eigenvalue weighted by Crippen LogP contribution is -2.18. The maximum absolute atomic E-state index is 6.09. The first-order valence-electron chi connectivity index (χ1n) is 8.28. The summed E-state index contributed by atoms with van der Waals surface area (Å²) in [7, 11) is 0. The van der Waals surface area contributed by atoms with E-state index in [1.165, 1.54) is 0 Å². The molecule has 132 valence electrons. The summed E-state index contributed by atoms with van der Waals surface area (Å²) in [4.78, 5) is 10.2. The molecule has 0 aliphatic heterocycles. The van der Waals surface area contributed by atoms with E-state index in [1.807, 2.05) is 80.2 Å². The van der Waals surface area contributed by atoms with Gasteiger partial charge in [0.05, 0.1) is 11.7 Å². The minimum Gasteiger partial charge on any atom is -0.454 e. The van der Waals surface area contributed by atoms with E-state index in [1.54, 1.807) is 0 Å². The van der Waals surface area contributed by atoms with Crippen molar-refractivity contribution in [3.05, 3.63) is 64.8 Å². The Labute approximate surface area is 159 Å². The minimum atomic E-state index is -0.381. The maximum Gasteiger partial charge on any atom is 0.156 e. The first-order valence-corrected chi connectivity index (χ1v) is 9.07. The van der Waals surface area contributed by atoms with Crippen molar-refractivity contribution in [2.45, 2.75) is 26.4 Å². The quantitative estimate of drug-likeness (QED) is 0.429. The van der Waals surface area contributed by atoms with Crippen molar-refractivity contribution < 1.29 is 9.25 Å². The van der Waals surface area contributed by atoms with Crippen molar-refractivity contribution in [3.63, 3.8) is 0 Å².